The summed E-state index contributed by atoms with van der Waals surface area (Å²) < 4.78 is 10.8. The zero-order valence-corrected chi connectivity index (χ0v) is 22.1. The van der Waals surface area contributed by atoms with Gasteiger partial charge in [-0.1, -0.05) is 67.2 Å². The molecule has 2 heterocycles. The monoisotopic (exact) mass is 514 g/mol. The molecule has 0 N–H and O–H groups in total. The largest absolute Gasteiger partial charge is 0.460 e. The number of carbonyl (C=O) groups excluding carboxylic acids is 2. The third-order valence-electron chi connectivity index (χ3n) is 6.73. The Kier molecular flexibility index (Phi) is 12.4. The van der Waals surface area contributed by atoms with E-state index in [9.17, 15) is 9.59 Å². The van der Waals surface area contributed by atoms with Crippen molar-refractivity contribution in [3.63, 3.8) is 0 Å². The van der Waals surface area contributed by atoms with Crippen molar-refractivity contribution in [3.8, 4) is 12.3 Å². The minimum atomic E-state index is -0.127. The topological polar surface area (TPSA) is 59.1 Å². The highest BCUT2D eigenvalue weighted by Gasteiger charge is 2.32. The Labute approximate surface area is 226 Å². The SMILES string of the molecule is C#CCCN1CCC[C@H]1C(=O)OCc1ccccc1.C=C=CCN1CCC[C@H]1C(=O)OCc1ccccc1. The molecule has 6 nitrogen and oxygen atoms in total. The van der Waals surface area contributed by atoms with Crippen LogP contribution in [0.15, 0.2) is 79.0 Å². The molecule has 2 atom stereocenters. The van der Waals surface area contributed by atoms with Gasteiger partial charge in [0.2, 0.25) is 0 Å². The normalized spacial score (nSPS) is 18.9. The van der Waals surface area contributed by atoms with Crippen LogP contribution in [-0.4, -0.2) is 60.0 Å². The van der Waals surface area contributed by atoms with Crippen LogP contribution in [0.2, 0.25) is 0 Å². The standard InChI is InChI=1S/2C16H19NO2/c2*1-2-3-11-17-12-7-10-15(17)16(18)19-13-14-8-5-4-6-9-14/h3-6,8-9,15H,1,7,10-13H2;1,4-6,8-9,15H,3,7,10-13H2/t2*15-/m00/s1. The van der Waals surface area contributed by atoms with Crippen molar-refractivity contribution in [1.82, 2.24) is 9.80 Å². The summed E-state index contributed by atoms with van der Waals surface area (Å²) >= 11 is 0. The average molecular weight is 515 g/mol. The van der Waals surface area contributed by atoms with Crippen LogP contribution in [-0.2, 0) is 32.3 Å². The second kappa shape index (κ2) is 16.3. The first-order chi connectivity index (χ1) is 18.6. The molecule has 0 radical (unpaired) electrons. The molecule has 0 aromatic heterocycles. The van der Waals surface area contributed by atoms with Gasteiger partial charge in [0.25, 0.3) is 0 Å². The van der Waals surface area contributed by atoms with Gasteiger partial charge in [-0.2, -0.15) is 0 Å². The summed E-state index contributed by atoms with van der Waals surface area (Å²) in [4.78, 5) is 28.4. The van der Waals surface area contributed by atoms with Crippen molar-refractivity contribution < 1.29 is 19.1 Å². The van der Waals surface area contributed by atoms with Gasteiger partial charge in [-0.05, 0) is 56.0 Å². The van der Waals surface area contributed by atoms with Gasteiger partial charge in [0, 0.05) is 19.5 Å². The van der Waals surface area contributed by atoms with E-state index in [1.54, 1.807) is 0 Å². The number of hydrogen-bond donors (Lipinski definition) is 0. The zero-order chi connectivity index (χ0) is 27.0. The molecule has 0 aliphatic carbocycles. The first-order valence-electron chi connectivity index (χ1n) is 13.3. The summed E-state index contributed by atoms with van der Waals surface area (Å²) in [5, 5.41) is 0. The summed E-state index contributed by atoms with van der Waals surface area (Å²) in [7, 11) is 0. The Morgan fingerprint density at radius 3 is 1.87 bits per heavy atom. The van der Waals surface area contributed by atoms with E-state index in [2.05, 4.69) is 28.0 Å². The molecule has 4 rings (SSSR count). The molecule has 0 spiro atoms. The fourth-order valence-electron chi connectivity index (χ4n) is 4.71. The summed E-state index contributed by atoms with van der Waals surface area (Å²) in [5.41, 5.74) is 4.78. The van der Waals surface area contributed by atoms with E-state index in [0.29, 0.717) is 26.2 Å². The van der Waals surface area contributed by atoms with E-state index < -0.39 is 0 Å². The van der Waals surface area contributed by atoms with Crippen LogP contribution in [0.1, 0.15) is 43.2 Å². The van der Waals surface area contributed by atoms with Crippen LogP contribution >= 0.6 is 0 Å². The number of benzene rings is 2. The van der Waals surface area contributed by atoms with Gasteiger partial charge in [0.1, 0.15) is 25.3 Å². The van der Waals surface area contributed by atoms with Crippen LogP contribution in [0, 0.1) is 12.3 Å². The number of hydrogen-bond acceptors (Lipinski definition) is 6. The third-order valence-corrected chi connectivity index (χ3v) is 6.73. The van der Waals surface area contributed by atoms with Crippen molar-refractivity contribution in [2.45, 2.75) is 57.4 Å². The van der Waals surface area contributed by atoms with Crippen LogP contribution in [0.3, 0.4) is 0 Å². The van der Waals surface area contributed by atoms with Gasteiger partial charge in [-0.15, -0.1) is 18.1 Å². The molecule has 6 heteroatoms. The Morgan fingerprint density at radius 2 is 1.37 bits per heavy atom. The molecule has 2 aromatic rings. The minimum Gasteiger partial charge on any atom is -0.460 e. The van der Waals surface area contributed by atoms with Crippen molar-refractivity contribution in [2.24, 2.45) is 0 Å². The number of ether oxygens (including phenoxy) is 2. The second-order valence-corrected chi connectivity index (χ2v) is 9.40. The lowest BCUT2D eigenvalue weighted by Crippen LogP contribution is -2.37. The molecule has 0 saturated carbocycles. The Hall–Kier alpha value is -3.62. The maximum atomic E-state index is 12.1. The minimum absolute atomic E-state index is 0.114. The first kappa shape index (κ1) is 28.9. The van der Waals surface area contributed by atoms with Crippen LogP contribution in [0.5, 0.6) is 0 Å². The van der Waals surface area contributed by atoms with Crippen molar-refractivity contribution in [3.05, 3.63) is 90.2 Å². The highest BCUT2D eigenvalue weighted by atomic mass is 16.5. The Balaban J connectivity index is 0.000000211. The number of nitrogens with zero attached hydrogens (tertiary/aromatic N) is 2. The Morgan fingerprint density at radius 1 is 0.868 bits per heavy atom. The van der Waals surface area contributed by atoms with Gasteiger partial charge >= 0.3 is 11.9 Å². The molecule has 0 unspecified atom stereocenters. The second-order valence-electron chi connectivity index (χ2n) is 9.40. The van der Waals surface area contributed by atoms with Gasteiger partial charge in [0.05, 0.1) is 0 Å². The van der Waals surface area contributed by atoms with Gasteiger partial charge in [-0.3, -0.25) is 19.4 Å². The summed E-state index contributed by atoms with van der Waals surface area (Å²) in [6, 6.07) is 19.3. The number of carbonyl (C=O) groups is 2. The van der Waals surface area contributed by atoms with E-state index in [1.165, 1.54) is 0 Å². The molecule has 2 aliphatic rings. The highest BCUT2D eigenvalue weighted by Crippen LogP contribution is 2.20. The quantitative estimate of drug-likeness (QED) is 0.259. The fourth-order valence-corrected chi connectivity index (χ4v) is 4.71. The third kappa shape index (κ3) is 9.36. The van der Waals surface area contributed by atoms with Crippen LogP contribution in [0.25, 0.3) is 0 Å². The van der Waals surface area contributed by atoms with E-state index in [-0.39, 0.29) is 24.0 Å². The van der Waals surface area contributed by atoms with Gasteiger partial charge < -0.3 is 9.47 Å². The molecule has 38 heavy (non-hydrogen) atoms. The smallest absolute Gasteiger partial charge is 0.323 e. The fraction of sp³-hybridized carbons (Fsp3) is 0.406. The maximum Gasteiger partial charge on any atom is 0.323 e. The molecule has 2 fully saturated rings. The summed E-state index contributed by atoms with van der Waals surface area (Å²) in [6.07, 6.45) is 11.6. The predicted octanol–water partition coefficient (Wildman–Crippen LogP) is 4.75. The number of likely N-dealkylation sites (tertiary alicyclic amines) is 2. The lowest BCUT2D eigenvalue weighted by atomic mass is 10.2. The lowest BCUT2D eigenvalue weighted by Gasteiger charge is -2.21. The maximum absolute atomic E-state index is 12.1. The summed E-state index contributed by atoms with van der Waals surface area (Å²) in [6.45, 7) is 7.61. The van der Waals surface area contributed by atoms with E-state index in [4.69, 9.17) is 15.9 Å². The molecule has 0 amide bonds. The highest BCUT2D eigenvalue weighted by molar-refractivity contribution is 5.76. The molecular formula is C32H38N2O4. The summed E-state index contributed by atoms with van der Waals surface area (Å²) in [5.74, 6) is 2.37. The molecular weight excluding hydrogens is 476 g/mol. The van der Waals surface area contributed by atoms with Crippen LogP contribution < -0.4 is 0 Å². The van der Waals surface area contributed by atoms with Crippen molar-refractivity contribution in [1.29, 1.82) is 0 Å². The number of terminal acetylenes is 1. The molecule has 2 aromatic carbocycles. The molecule has 0 bridgehead atoms. The first-order valence-corrected chi connectivity index (χ1v) is 13.3. The molecule has 200 valence electrons. The zero-order valence-electron chi connectivity index (χ0n) is 22.1. The van der Waals surface area contributed by atoms with Crippen molar-refractivity contribution >= 4 is 11.9 Å². The average Bonchev–Trinajstić information content (AvgIpc) is 3.64. The van der Waals surface area contributed by atoms with E-state index in [0.717, 1.165) is 56.4 Å². The van der Waals surface area contributed by atoms with Crippen LogP contribution in [0.4, 0.5) is 0 Å². The molecule has 2 saturated heterocycles. The lowest BCUT2D eigenvalue weighted by molar-refractivity contribution is -0.151. The number of rotatable bonds is 10. The van der Waals surface area contributed by atoms with E-state index >= 15 is 0 Å². The molecule has 2 aliphatic heterocycles. The van der Waals surface area contributed by atoms with Crippen molar-refractivity contribution in [2.75, 3.05) is 26.2 Å². The van der Waals surface area contributed by atoms with Gasteiger partial charge in [0.15, 0.2) is 0 Å². The van der Waals surface area contributed by atoms with Gasteiger partial charge in [-0.25, -0.2) is 0 Å². The van der Waals surface area contributed by atoms with E-state index in [1.807, 2.05) is 66.7 Å². The number of esters is 2. The predicted molar refractivity (Wildman–Crippen MR) is 149 cm³/mol. The Bertz CT molecular complexity index is 1090.